The summed E-state index contributed by atoms with van der Waals surface area (Å²) in [6, 6.07) is 9.96. The summed E-state index contributed by atoms with van der Waals surface area (Å²) in [6.45, 7) is 1.83. The van der Waals surface area contributed by atoms with Crippen LogP contribution in [0.5, 0.6) is 0 Å². The van der Waals surface area contributed by atoms with E-state index in [4.69, 9.17) is 0 Å². The number of likely N-dealkylation sites (tertiary alicyclic amines) is 1. The molecule has 0 aromatic heterocycles. The topological polar surface area (TPSA) is 20.3 Å². The molecule has 1 aliphatic rings. The predicted octanol–water partition coefficient (Wildman–Crippen LogP) is 3.10. The van der Waals surface area contributed by atoms with E-state index in [1.807, 2.05) is 41.3 Å². The maximum atomic E-state index is 12.0. The van der Waals surface area contributed by atoms with Crippen molar-refractivity contribution in [1.82, 2.24) is 4.90 Å². The van der Waals surface area contributed by atoms with Gasteiger partial charge in [-0.05, 0) is 24.5 Å². The Morgan fingerprint density at radius 1 is 1.00 bits per heavy atom. The summed E-state index contributed by atoms with van der Waals surface area (Å²) in [5.41, 5.74) is 1.08. The maximum Gasteiger partial charge on any atom is 0.246 e. The Labute approximate surface area is 103 Å². The van der Waals surface area contributed by atoms with Gasteiger partial charge in [0, 0.05) is 19.2 Å². The van der Waals surface area contributed by atoms with Crippen molar-refractivity contribution in [2.24, 2.45) is 0 Å². The second kappa shape index (κ2) is 6.24. The van der Waals surface area contributed by atoms with Crippen molar-refractivity contribution in [2.45, 2.75) is 25.7 Å². The molecular formula is C15H19NO. The van der Waals surface area contributed by atoms with Crippen molar-refractivity contribution in [1.29, 1.82) is 0 Å². The Morgan fingerprint density at radius 2 is 1.65 bits per heavy atom. The van der Waals surface area contributed by atoms with Gasteiger partial charge in [-0.1, -0.05) is 43.2 Å². The van der Waals surface area contributed by atoms with E-state index >= 15 is 0 Å². The summed E-state index contributed by atoms with van der Waals surface area (Å²) >= 11 is 0. The van der Waals surface area contributed by atoms with E-state index in [-0.39, 0.29) is 5.91 Å². The summed E-state index contributed by atoms with van der Waals surface area (Å²) < 4.78 is 0. The Morgan fingerprint density at radius 3 is 2.29 bits per heavy atom. The number of nitrogens with zero attached hydrogens (tertiary/aromatic N) is 1. The number of rotatable bonds is 2. The highest BCUT2D eigenvalue weighted by molar-refractivity contribution is 5.91. The zero-order valence-corrected chi connectivity index (χ0v) is 10.1. The smallest absolute Gasteiger partial charge is 0.246 e. The fraction of sp³-hybridized carbons (Fsp3) is 0.400. The van der Waals surface area contributed by atoms with Gasteiger partial charge in [0.05, 0.1) is 0 Å². The average Bonchev–Trinajstić information content (AvgIpc) is 2.66. The fourth-order valence-electron chi connectivity index (χ4n) is 2.13. The SMILES string of the molecule is O=C(/C=C/c1ccccc1)N1CCCCCC1. The molecule has 1 amide bonds. The van der Waals surface area contributed by atoms with Gasteiger partial charge in [-0.2, -0.15) is 0 Å². The number of carbonyl (C=O) groups is 1. The Kier molecular flexibility index (Phi) is 4.37. The van der Waals surface area contributed by atoms with E-state index in [0.29, 0.717) is 0 Å². The van der Waals surface area contributed by atoms with Crippen LogP contribution in [-0.2, 0) is 4.79 Å². The molecule has 2 nitrogen and oxygen atoms in total. The van der Waals surface area contributed by atoms with Crippen LogP contribution in [0.1, 0.15) is 31.2 Å². The average molecular weight is 229 g/mol. The van der Waals surface area contributed by atoms with Crippen LogP contribution < -0.4 is 0 Å². The van der Waals surface area contributed by atoms with Crippen molar-refractivity contribution in [3.63, 3.8) is 0 Å². The third-order valence-electron chi connectivity index (χ3n) is 3.14. The summed E-state index contributed by atoms with van der Waals surface area (Å²) in [5.74, 6) is 0.149. The van der Waals surface area contributed by atoms with Crippen LogP contribution in [0.4, 0.5) is 0 Å². The molecule has 0 unspecified atom stereocenters. The van der Waals surface area contributed by atoms with Crippen LogP contribution >= 0.6 is 0 Å². The van der Waals surface area contributed by atoms with E-state index < -0.39 is 0 Å². The highest BCUT2D eigenvalue weighted by atomic mass is 16.2. The lowest BCUT2D eigenvalue weighted by molar-refractivity contribution is -0.125. The van der Waals surface area contributed by atoms with Crippen molar-refractivity contribution >= 4 is 12.0 Å². The van der Waals surface area contributed by atoms with Crippen LogP contribution in [0.25, 0.3) is 6.08 Å². The van der Waals surface area contributed by atoms with Crippen LogP contribution in [0.2, 0.25) is 0 Å². The predicted molar refractivity (Wildman–Crippen MR) is 70.5 cm³/mol. The van der Waals surface area contributed by atoms with Gasteiger partial charge in [0.2, 0.25) is 5.91 Å². The molecular weight excluding hydrogens is 210 g/mol. The summed E-state index contributed by atoms with van der Waals surface area (Å²) in [4.78, 5) is 13.9. The lowest BCUT2D eigenvalue weighted by Crippen LogP contribution is -2.30. The highest BCUT2D eigenvalue weighted by Crippen LogP contribution is 2.10. The molecule has 1 saturated heterocycles. The van der Waals surface area contributed by atoms with Crippen molar-refractivity contribution < 1.29 is 4.79 Å². The number of hydrogen-bond donors (Lipinski definition) is 0. The van der Waals surface area contributed by atoms with Gasteiger partial charge in [0.1, 0.15) is 0 Å². The normalized spacial score (nSPS) is 17.1. The minimum absolute atomic E-state index is 0.149. The third-order valence-corrected chi connectivity index (χ3v) is 3.14. The monoisotopic (exact) mass is 229 g/mol. The molecule has 1 fully saturated rings. The van der Waals surface area contributed by atoms with Crippen LogP contribution in [0.15, 0.2) is 36.4 Å². The molecule has 90 valence electrons. The lowest BCUT2D eigenvalue weighted by atomic mass is 10.2. The molecule has 1 heterocycles. The van der Waals surface area contributed by atoms with E-state index in [1.165, 1.54) is 12.8 Å². The zero-order chi connectivity index (χ0) is 11.9. The summed E-state index contributed by atoms with van der Waals surface area (Å²) in [5, 5.41) is 0. The van der Waals surface area contributed by atoms with Gasteiger partial charge in [0.15, 0.2) is 0 Å². The van der Waals surface area contributed by atoms with Crippen LogP contribution in [0.3, 0.4) is 0 Å². The standard InChI is InChI=1S/C15H19NO/c17-15(16-12-6-1-2-7-13-16)11-10-14-8-4-3-5-9-14/h3-5,8-11H,1-2,6-7,12-13H2/b11-10+. The first-order valence-electron chi connectivity index (χ1n) is 6.38. The summed E-state index contributed by atoms with van der Waals surface area (Å²) in [7, 11) is 0. The molecule has 0 N–H and O–H groups in total. The molecule has 17 heavy (non-hydrogen) atoms. The van der Waals surface area contributed by atoms with E-state index in [1.54, 1.807) is 6.08 Å². The minimum atomic E-state index is 0.149. The molecule has 0 spiro atoms. The van der Waals surface area contributed by atoms with Gasteiger partial charge in [-0.3, -0.25) is 4.79 Å². The highest BCUT2D eigenvalue weighted by Gasteiger charge is 2.12. The molecule has 2 heteroatoms. The number of amides is 1. The second-order valence-corrected chi connectivity index (χ2v) is 4.48. The number of carbonyl (C=O) groups excluding carboxylic acids is 1. The van der Waals surface area contributed by atoms with Gasteiger partial charge < -0.3 is 4.90 Å². The van der Waals surface area contributed by atoms with Crippen molar-refractivity contribution in [3.8, 4) is 0 Å². The molecule has 0 aliphatic carbocycles. The number of benzene rings is 1. The second-order valence-electron chi connectivity index (χ2n) is 4.48. The first-order valence-corrected chi connectivity index (χ1v) is 6.38. The fourth-order valence-corrected chi connectivity index (χ4v) is 2.13. The molecule has 1 aromatic carbocycles. The van der Waals surface area contributed by atoms with Gasteiger partial charge >= 0.3 is 0 Å². The Hall–Kier alpha value is -1.57. The van der Waals surface area contributed by atoms with Crippen LogP contribution in [0, 0.1) is 0 Å². The van der Waals surface area contributed by atoms with E-state index in [9.17, 15) is 4.79 Å². The van der Waals surface area contributed by atoms with Crippen molar-refractivity contribution in [2.75, 3.05) is 13.1 Å². The molecule has 2 rings (SSSR count). The van der Waals surface area contributed by atoms with Gasteiger partial charge in [-0.15, -0.1) is 0 Å². The molecule has 0 atom stereocenters. The zero-order valence-electron chi connectivity index (χ0n) is 10.1. The van der Waals surface area contributed by atoms with E-state index in [0.717, 1.165) is 31.5 Å². The Bertz CT molecular complexity index is 375. The third kappa shape index (κ3) is 3.74. The molecule has 1 aromatic rings. The molecule has 1 aliphatic heterocycles. The van der Waals surface area contributed by atoms with Crippen molar-refractivity contribution in [3.05, 3.63) is 42.0 Å². The minimum Gasteiger partial charge on any atom is -0.339 e. The molecule has 0 radical (unpaired) electrons. The first-order chi connectivity index (χ1) is 8.36. The van der Waals surface area contributed by atoms with Gasteiger partial charge in [-0.25, -0.2) is 0 Å². The maximum absolute atomic E-state index is 12.0. The van der Waals surface area contributed by atoms with Gasteiger partial charge in [0.25, 0.3) is 0 Å². The van der Waals surface area contributed by atoms with E-state index in [2.05, 4.69) is 0 Å². The first kappa shape index (κ1) is 11.9. The lowest BCUT2D eigenvalue weighted by Gasteiger charge is -2.17. The molecule has 0 bridgehead atoms. The number of hydrogen-bond acceptors (Lipinski definition) is 1. The quantitative estimate of drug-likeness (QED) is 0.714. The molecule has 0 saturated carbocycles. The Balaban J connectivity index is 1.94. The van der Waals surface area contributed by atoms with Crippen LogP contribution in [-0.4, -0.2) is 23.9 Å². The summed E-state index contributed by atoms with van der Waals surface area (Å²) in [6.07, 6.45) is 8.39. The largest absolute Gasteiger partial charge is 0.339 e.